The number of carbonyl (C=O) groups excluding carboxylic acids is 3. The Balaban J connectivity index is 2.17. The number of hydrogen-bond donors (Lipinski definition) is 1. The second kappa shape index (κ2) is 7.79. The van der Waals surface area contributed by atoms with Crippen molar-refractivity contribution >= 4 is 17.7 Å². The Labute approximate surface area is 146 Å². The minimum absolute atomic E-state index is 0.147. The van der Waals surface area contributed by atoms with Crippen molar-refractivity contribution in [2.75, 3.05) is 6.61 Å². The zero-order valence-electron chi connectivity index (χ0n) is 14.7. The van der Waals surface area contributed by atoms with E-state index in [0.29, 0.717) is 22.4 Å². The third-order valence-corrected chi connectivity index (χ3v) is 3.83. The largest absolute Gasteiger partial charge is 0.462 e. The SMILES string of the molecule is CCOC(=O)c1c(C)[nH]c(C(=O)OC(C)C(=O)c2ccccc2)c1C. The molecule has 1 aromatic carbocycles. The van der Waals surface area contributed by atoms with Crippen LogP contribution >= 0.6 is 0 Å². The predicted octanol–water partition coefficient (Wildman–Crippen LogP) is 3.24. The topological polar surface area (TPSA) is 85.5 Å². The zero-order chi connectivity index (χ0) is 18.6. The Kier molecular flexibility index (Phi) is 5.75. The van der Waals surface area contributed by atoms with Crippen LogP contribution in [0.25, 0.3) is 0 Å². The number of carbonyl (C=O) groups is 3. The Bertz CT molecular complexity index is 792. The quantitative estimate of drug-likeness (QED) is 0.643. The molecule has 0 aliphatic rings. The summed E-state index contributed by atoms with van der Waals surface area (Å²) in [7, 11) is 0. The number of hydrogen-bond acceptors (Lipinski definition) is 5. The van der Waals surface area contributed by atoms with Gasteiger partial charge in [0.15, 0.2) is 6.10 Å². The Morgan fingerprint density at radius 3 is 2.32 bits per heavy atom. The van der Waals surface area contributed by atoms with Crippen LogP contribution in [-0.2, 0) is 9.47 Å². The third kappa shape index (κ3) is 3.96. The van der Waals surface area contributed by atoms with Crippen LogP contribution in [0.15, 0.2) is 30.3 Å². The van der Waals surface area contributed by atoms with Crippen molar-refractivity contribution in [2.45, 2.75) is 33.8 Å². The Morgan fingerprint density at radius 2 is 1.72 bits per heavy atom. The molecule has 0 fully saturated rings. The van der Waals surface area contributed by atoms with E-state index in [0.717, 1.165) is 0 Å². The van der Waals surface area contributed by atoms with Gasteiger partial charge in [-0.1, -0.05) is 30.3 Å². The lowest BCUT2D eigenvalue weighted by molar-refractivity contribution is 0.0313. The van der Waals surface area contributed by atoms with E-state index in [-0.39, 0.29) is 18.1 Å². The molecule has 0 bridgehead atoms. The Hall–Kier alpha value is -2.89. The van der Waals surface area contributed by atoms with Gasteiger partial charge in [0.1, 0.15) is 5.69 Å². The maximum absolute atomic E-state index is 12.4. The van der Waals surface area contributed by atoms with Gasteiger partial charge >= 0.3 is 11.9 Å². The van der Waals surface area contributed by atoms with Crippen molar-refractivity contribution in [3.8, 4) is 0 Å². The number of benzene rings is 1. The number of nitrogens with one attached hydrogen (secondary N) is 1. The first-order valence-corrected chi connectivity index (χ1v) is 8.03. The van der Waals surface area contributed by atoms with Gasteiger partial charge in [0.25, 0.3) is 0 Å². The molecule has 0 aliphatic heterocycles. The summed E-state index contributed by atoms with van der Waals surface area (Å²) >= 11 is 0. The van der Waals surface area contributed by atoms with Crippen LogP contribution < -0.4 is 0 Å². The van der Waals surface area contributed by atoms with Gasteiger partial charge in [-0.3, -0.25) is 4.79 Å². The first-order valence-electron chi connectivity index (χ1n) is 8.03. The van der Waals surface area contributed by atoms with E-state index in [9.17, 15) is 14.4 Å². The second-order valence-corrected chi connectivity index (χ2v) is 5.62. The first-order chi connectivity index (χ1) is 11.9. The van der Waals surface area contributed by atoms with Crippen LogP contribution in [0.2, 0.25) is 0 Å². The van der Waals surface area contributed by atoms with Gasteiger partial charge in [0.05, 0.1) is 12.2 Å². The van der Waals surface area contributed by atoms with Crippen molar-refractivity contribution in [3.05, 3.63) is 58.4 Å². The predicted molar refractivity (Wildman–Crippen MR) is 91.9 cm³/mol. The average molecular weight is 343 g/mol. The van der Waals surface area contributed by atoms with E-state index >= 15 is 0 Å². The molecule has 1 aromatic heterocycles. The molecule has 1 N–H and O–H groups in total. The van der Waals surface area contributed by atoms with E-state index in [1.54, 1.807) is 51.1 Å². The van der Waals surface area contributed by atoms with Gasteiger partial charge in [-0.2, -0.15) is 0 Å². The highest BCUT2D eigenvalue weighted by Crippen LogP contribution is 2.20. The molecule has 1 unspecified atom stereocenters. The lowest BCUT2D eigenvalue weighted by Crippen LogP contribution is -2.25. The van der Waals surface area contributed by atoms with E-state index in [1.807, 2.05) is 0 Å². The fraction of sp³-hybridized carbons (Fsp3) is 0.316. The number of rotatable bonds is 6. The number of aryl methyl sites for hydroxylation is 1. The molecule has 0 radical (unpaired) electrons. The summed E-state index contributed by atoms with van der Waals surface area (Å²) in [5.41, 5.74) is 1.89. The second-order valence-electron chi connectivity index (χ2n) is 5.62. The van der Waals surface area contributed by atoms with Gasteiger partial charge in [-0.25, -0.2) is 9.59 Å². The summed E-state index contributed by atoms with van der Waals surface area (Å²) in [6.45, 7) is 6.78. The molecule has 0 amide bonds. The first kappa shape index (κ1) is 18.4. The Morgan fingerprint density at radius 1 is 1.08 bits per heavy atom. The van der Waals surface area contributed by atoms with Gasteiger partial charge in [0, 0.05) is 11.3 Å². The highest BCUT2D eigenvalue weighted by Gasteiger charge is 2.26. The standard InChI is InChI=1S/C19H21NO5/c1-5-24-18(22)15-11(2)16(20-12(15)3)19(23)25-13(4)17(21)14-9-7-6-8-10-14/h6-10,13,20H,5H2,1-4H3. The number of H-pyrrole nitrogens is 1. The van der Waals surface area contributed by atoms with Crippen molar-refractivity contribution in [1.29, 1.82) is 0 Å². The van der Waals surface area contributed by atoms with Crippen LogP contribution in [-0.4, -0.2) is 35.4 Å². The lowest BCUT2D eigenvalue weighted by atomic mass is 10.1. The lowest BCUT2D eigenvalue weighted by Gasteiger charge is -2.12. The van der Waals surface area contributed by atoms with Crippen LogP contribution in [0, 0.1) is 13.8 Å². The van der Waals surface area contributed by atoms with E-state index < -0.39 is 18.0 Å². The summed E-state index contributed by atoms with van der Waals surface area (Å²) in [4.78, 5) is 39.5. The molecule has 0 aliphatic carbocycles. The third-order valence-electron chi connectivity index (χ3n) is 3.83. The number of ether oxygens (including phenoxy) is 2. The van der Waals surface area contributed by atoms with E-state index in [2.05, 4.69) is 4.98 Å². The normalized spacial score (nSPS) is 11.7. The summed E-state index contributed by atoms with van der Waals surface area (Å²) < 4.78 is 10.3. The van der Waals surface area contributed by atoms with Crippen LogP contribution in [0.1, 0.15) is 56.3 Å². The highest BCUT2D eigenvalue weighted by atomic mass is 16.5. The molecule has 0 saturated carbocycles. The van der Waals surface area contributed by atoms with Crippen LogP contribution in [0.5, 0.6) is 0 Å². The molecule has 1 heterocycles. The molecule has 2 aromatic rings. The summed E-state index contributed by atoms with van der Waals surface area (Å²) in [6, 6.07) is 8.61. The summed E-state index contributed by atoms with van der Waals surface area (Å²) in [5, 5.41) is 0. The zero-order valence-corrected chi connectivity index (χ0v) is 14.7. The maximum Gasteiger partial charge on any atom is 0.355 e. The smallest absolute Gasteiger partial charge is 0.355 e. The number of aromatic nitrogens is 1. The molecule has 0 spiro atoms. The molecular weight excluding hydrogens is 322 g/mol. The number of aromatic amines is 1. The summed E-state index contributed by atoms with van der Waals surface area (Å²) in [5.74, 6) is -1.48. The molecule has 0 saturated heterocycles. The van der Waals surface area contributed by atoms with E-state index in [1.165, 1.54) is 6.92 Å². The molecule has 6 heteroatoms. The fourth-order valence-electron chi connectivity index (χ4n) is 2.57. The number of ketones is 1. The number of Topliss-reactive ketones (excluding diaryl/α,β-unsaturated/α-hetero) is 1. The molecule has 1 atom stereocenters. The fourth-order valence-corrected chi connectivity index (χ4v) is 2.57. The van der Waals surface area contributed by atoms with Gasteiger partial charge in [-0.15, -0.1) is 0 Å². The highest BCUT2D eigenvalue weighted by molar-refractivity contribution is 6.02. The average Bonchev–Trinajstić information content (AvgIpc) is 2.89. The molecule has 25 heavy (non-hydrogen) atoms. The van der Waals surface area contributed by atoms with Gasteiger partial charge in [0.2, 0.25) is 5.78 Å². The van der Waals surface area contributed by atoms with Gasteiger partial charge < -0.3 is 14.5 Å². The molecule has 132 valence electrons. The minimum Gasteiger partial charge on any atom is -0.462 e. The van der Waals surface area contributed by atoms with Crippen molar-refractivity contribution in [2.24, 2.45) is 0 Å². The monoisotopic (exact) mass is 343 g/mol. The summed E-state index contributed by atoms with van der Waals surface area (Å²) in [6.07, 6.45) is -0.941. The molecule has 6 nitrogen and oxygen atoms in total. The molecule has 2 rings (SSSR count). The maximum atomic E-state index is 12.4. The van der Waals surface area contributed by atoms with Crippen molar-refractivity contribution in [3.63, 3.8) is 0 Å². The van der Waals surface area contributed by atoms with Crippen molar-refractivity contribution in [1.82, 2.24) is 4.98 Å². The molecular formula is C19H21NO5. The van der Waals surface area contributed by atoms with Crippen LogP contribution in [0.3, 0.4) is 0 Å². The van der Waals surface area contributed by atoms with Crippen LogP contribution in [0.4, 0.5) is 0 Å². The van der Waals surface area contributed by atoms with E-state index in [4.69, 9.17) is 9.47 Å². The number of esters is 2. The van der Waals surface area contributed by atoms with Gasteiger partial charge in [-0.05, 0) is 33.3 Å². The van der Waals surface area contributed by atoms with Crippen molar-refractivity contribution < 1.29 is 23.9 Å². The minimum atomic E-state index is -0.941.